The third-order valence-corrected chi connectivity index (χ3v) is 13.6. The summed E-state index contributed by atoms with van der Waals surface area (Å²) < 4.78 is 82.8. The van der Waals surface area contributed by atoms with Gasteiger partial charge < -0.3 is 9.80 Å². The first kappa shape index (κ1) is 54.6. The van der Waals surface area contributed by atoms with Crippen molar-refractivity contribution in [1.29, 1.82) is 0 Å². The van der Waals surface area contributed by atoms with Gasteiger partial charge in [-0.15, -0.1) is 18.2 Å². The number of ketones is 2. The van der Waals surface area contributed by atoms with Crippen molar-refractivity contribution in [3.63, 3.8) is 0 Å². The second-order valence-corrected chi connectivity index (χ2v) is 18.6. The van der Waals surface area contributed by atoms with Crippen molar-refractivity contribution in [1.82, 2.24) is 0 Å². The Hall–Kier alpha value is -9.72. The number of rotatable bonds is 8. The zero-order valence-electron chi connectivity index (χ0n) is 43.3. The van der Waals surface area contributed by atoms with E-state index in [4.69, 9.17) is 0 Å². The summed E-state index contributed by atoms with van der Waals surface area (Å²) in [5.41, 5.74) is 8.81. The van der Waals surface area contributed by atoms with Gasteiger partial charge in [-0.3, -0.25) is 9.59 Å². The fraction of sp³-hybridized carbons (Fsp3) is 0. The number of carbonyl (C=O) groups is 2. The predicted octanol–water partition coefficient (Wildman–Crippen LogP) is 16.1. The van der Waals surface area contributed by atoms with Gasteiger partial charge in [0.15, 0.2) is 11.6 Å². The van der Waals surface area contributed by atoms with Crippen molar-refractivity contribution in [2.24, 2.45) is 0 Å². The predicted molar refractivity (Wildman–Crippen MR) is 306 cm³/mol. The number of para-hydroxylation sites is 4. The third-order valence-electron chi connectivity index (χ3n) is 13.6. The number of fused-ring (bicyclic) bond motifs is 4. The van der Waals surface area contributed by atoms with Crippen LogP contribution in [-0.2, 0) is 0 Å². The van der Waals surface area contributed by atoms with Crippen LogP contribution in [0.15, 0.2) is 261 Å². The number of nitrogens with zero attached hydrogens (tertiary/aromatic N) is 2. The molecule has 0 amide bonds. The maximum atomic E-state index is 15.6. The number of anilines is 6. The summed E-state index contributed by atoms with van der Waals surface area (Å²) in [6.07, 6.45) is 0. The van der Waals surface area contributed by atoms with E-state index in [-0.39, 0.29) is 41.6 Å². The molecule has 0 aliphatic heterocycles. The Morgan fingerprint density at radius 3 is 1.07 bits per heavy atom. The number of hydrogen-bond donors (Lipinski definition) is 0. The molecular formula is C70H43F6LiN2O2. The van der Waals surface area contributed by atoms with Gasteiger partial charge in [-0.1, -0.05) is 127 Å². The van der Waals surface area contributed by atoms with Gasteiger partial charge in [0.05, 0.1) is 0 Å². The molecule has 11 heteroatoms. The van der Waals surface area contributed by atoms with Gasteiger partial charge in [-0.05, 0) is 125 Å². The summed E-state index contributed by atoms with van der Waals surface area (Å²) in [7, 11) is 0. The first-order valence-corrected chi connectivity index (χ1v) is 25.4. The molecule has 0 N–H and O–H groups in total. The minimum absolute atomic E-state index is 0. The normalized spacial score (nSPS) is 11.3. The number of carbonyl (C=O) groups excluding carboxylic acids is 2. The minimum atomic E-state index is -0.708. The van der Waals surface area contributed by atoms with Crippen LogP contribution in [0.2, 0.25) is 0 Å². The average Bonchev–Trinajstić information content (AvgIpc) is 3.61. The molecule has 0 fully saturated rings. The SMILES string of the molecule is Fc1[c-]ccc(F)c1.Fc1ccc(-c2c3ccccc3c(-c3ccc(F)cc3F)c3cc(N(c4ccccc4)c4ccccc4)ccc23)c(F)c1.O=C1c2ccccc2C(=O)c2cc(N(c3ccccc3)c3ccccc3)ccc21.[Li+]. The molecule has 0 radical (unpaired) electrons. The molecule has 12 aromatic carbocycles. The zero-order chi connectivity index (χ0) is 55.3. The van der Waals surface area contributed by atoms with Crippen LogP contribution in [0.4, 0.5) is 60.5 Å². The Morgan fingerprint density at radius 1 is 0.284 bits per heavy atom. The van der Waals surface area contributed by atoms with Gasteiger partial charge >= 0.3 is 18.9 Å². The Balaban J connectivity index is 0.000000166. The summed E-state index contributed by atoms with van der Waals surface area (Å²) >= 11 is 0. The van der Waals surface area contributed by atoms with Gasteiger partial charge in [0.1, 0.15) is 23.3 Å². The molecule has 12 aromatic rings. The van der Waals surface area contributed by atoms with Crippen LogP contribution in [0.5, 0.6) is 0 Å². The summed E-state index contributed by atoms with van der Waals surface area (Å²) in [4.78, 5) is 30.2. The van der Waals surface area contributed by atoms with Crippen LogP contribution in [0.1, 0.15) is 31.8 Å². The van der Waals surface area contributed by atoms with E-state index in [1.54, 1.807) is 30.3 Å². The number of halogens is 6. The monoisotopic (exact) mass is 1060 g/mol. The van der Waals surface area contributed by atoms with E-state index in [1.165, 1.54) is 30.3 Å². The van der Waals surface area contributed by atoms with Crippen LogP contribution in [0.3, 0.4) is 0 Å². The molecule has 0 atom stereocenters. The van der Waals surface area contributed by atoms with Gasteiger partial charge in [0, 0.05) is 102 Å². The fourth-order valence-corrected chi connectivity index (χ4v) is 10.1. The van der Waals surface area contributed by atoms with Crippen molar-refractivity contribution in [2.45, 2.75) is 0 Å². The van der Waals surface area contributed by atoms with E-state index in [9.17, 15) is 27.2 Å². The van der Waals surface area contributed by atoms with Crippen LogP contribution < -0.4 is 28.7 Å². The largest absolute Gasteiger partial charge is 1.00 e. The molecule has 0 bridgehead atoms. The van der Waals surface area contributed by atoms with Crippen LogP contribution >= 0.6 is 0 Å². The van der Waals surface area contributed by atoms with Crippen LogP contribution in [0.25, 0.3) is 43.8 Å². The zero-order valence-corrected chi connectivity index (χ0v) is 43.3. The summed E-state index contributed by atoms with van der Waals surface area (Å²) in [5, 5.41) is 2.60. The molecular weight excluding hydrogens is 1020 g/mol. The molecule has 0 spiro atoms. The Labute approximate surface area is 475 Å². The van der Waals surface area contributed by atoms with Crippen molar-refractivity contribution in [2.75, 3.05) is 9.80 Å². The van der Waals surface area contributed by atoms with E-state index in [2.05, 4.69) is 15.9 Å². The second kappa shape index (κ2) is 24.1. The van der Waals surface area contributed by atoms with E-state index in [1.807, 2.05) is 176 Å². The Bertz CT molecular complexity index is 4170. The third kappa shape index (κ3) is 11.3. The van der Waals surface area contributed by atoms with E-state index in [0.29, 0.717) is 54.9 Å². The van der Waals surface area contributed by atoms with Crippen LogP contribution in [-0.4, -0.2) is 11.6 Å². The molecule has 0 heterocycles. The summed E-state index contributed by atoms with van der Waals surface area (Å²) in [6, 6.07) is 77.6. The maximum absolute atomic E-state index is 15.6. The fourth-order valence-electron chi connectivity index (χ4n) is 10.1. The summed E-state index contributed by atoms with van der Waals surface area (Å²) in [6.45, 7) is 0. The first-order chi connectivity index (χ1) is 39.0. The van der Waals surface area contributed by atoms with E-state index in [0.717, 1.165) is 58.4 Å². The van der Waals surface area contributed by atoms with E-state index >= 15 is 8.78 Å². The number of hydrogen-bond acceptors (Lipinski definition) is 4. The summed E-state index contributed by atoms with van der Waals surface area (Å²) in [5.74, 6) is -4.22. The van der Waals surface area contributed by atoms with Gasteiger partial charge in [-0.25, -0.2) is 26.3 Å². The molecule has 0 unspecified atom stereocenters. The number of benzene rings is 12. The van der Waals surface area contributed by atoms with Gasteiger partial charge in [0.25, 0.3) is 0 Å². The second-order valence-electron chi connectivity index (χ2n) is 18.6. The Morgan fingerprint density at radius 2 is 0.642 bits per heavy atom. The van der Waals surface area contributed by atoms with Crippen molar-refractivity contribution < 1.29 is 54.8 Å². The van der Waals surface area contributed by atoms with Gasteiger partial charge in [-0.2, -0.15) is 6.07 Å². The topological polar surface area (TPSA) is 40.6 Å². The van der Waals surface area contributed by atoms with Gasteiger partial charge in [0.2, 0.25) is 0 Å². The van der Waals surface area contributed by atoms with Crippen molar-refractivity contribution in [3.05, 3.63) is 324 Å². The molecule has 1 aliphatic rings. The van der Waals surface area contributed by atoms with Crippen molar-refractivity contribution in [3.8, 4) is 22.3 Å². The van der Waals surface area contributed by atoms with Crippen molar-refractivity contribution >= 4 is 67.2 Å². The molecule has 1 aliphatic carbocycles. The molecule has 81 heavy (non-hydrogen) atoms. The average molecular weight is 1070 g/mol. The molecule has 0 saturated heterocycles. The molecule has 388 valence electrons. The quantitative estimate of drug-likeness (QED) is 0.0658. The molecule has 13 rings (SSSR count). The molecule has 0 aromatic heterocycles. The smallest absolute Gasteiger partial charge is 0.310 e. The standard InChI is InChI=1S/C38H23F4N.C26H17NO2.C6H3F2.Li/c39-24-15-18-32(35(41)21-24)37-29-13-7-8-14-30(29)38(33-19-16-25(40)22-36(33)42)34-23-28(17-20-31(34)37)43(26-9-3-1-4-10-26)27-11-5-2-6-12-27;28-25-21-13-7-8-14-22(21)26(29)24-17-20(15-16-23(24)25)27(18-9-3-1-4-10-18)19-11-5-2-6-12-19;7-5-2-1-3-6(8)4-5;/h1-23H;1-17H;1-2,4H;/q;;-1;+1. The Kier molecular flexibility index (Phi) is 16.3. The molecule has 4 nitrogen and oxygen atoms in total. The maximum Gasteiger partial charge on any atom is 1.00 e. The first-order valence-electron chi connectivity index (χ1n) is 25.4. The van der Waals surface area contributed by atoms with E-state index < -0.39 is 34.9 Å². The van der Waals surface area contributed by atoms with Crippen LogP contribution in [0, 0.1) is 41.0 Å². The minimum Gasteiger partial charge on any atom is -0.310 e. The molecule has 0 saturated carbocycles.